The molecule has 3 aromatic heterocycles. The van der Waals surface area contributed by atoms with Crippen LogP contribution in [-0.4, -0.2) is 30.5 Å². The summed E-state index contributed by atoms with van der Waals surface area (Å²) in [6, 6.07) is 16.6. The Bertz CT molecular complexity index is 1480. The normalized spacial score (nSPS) is 12.6. The van der Waals surface area contributed by atoms with E-state index in [9.17, 15) is 18.0 Å². The number of rotatable bonds is 5. The number of aromatic nitrogens is 5. The van der Waals surface area contributed by atoms with Crippen LogP contribution in [0.25, 0.3) is 16.7 Å². The van der Waals surface area contributed by atoms with Crippen molar-refractivity contribution in [3.05, 3.63) is 107 Å². The van der Waals surface area contributed by atoms with Crippen molar-refractivity contribution < 1.29 is 13.2 Å². The van der Waals surface area contributed by atoms with Crippen LogP contribution in [0.2, 0.25) is 0 Å². The van der Waals surface area contributed by atoms with Gasteiger partial charge in [-0.05, 0) is 42.0 Å². The Labute approximate surface area is 191 Å². The molecule has 0 aliphatic heterocycles. The summed E-state index contributed by atoms with van der Waals surface area (Å²) in [5, 5.41) is 7.45. The summed E-state index contributed by atoms with van der Waals surface area (Å²) in [7, 11) is 0. The van der Waals surface area contributed by atoms with Crippen LogP contribution in [0.5, 0.6) is 0 Å². The largest absolute Gasteiger partial charge is 0.413 e. The molecule has 0 saturated carbocycles. The minimum atomic E-state index is -4.72. The summed E-state index contributed by atoms with van der Waals surface area (Å²) in [5.74, 6) is 0.0627. The molecule has 0 saturated heterocycles. The summed E-state index contributed by atoms with van der Waals surface area (Å²) >= 11 is 0. The lowest BCUT2D eigenvalue weighted by molar-refractivity contribution is -0.156. The van der Waals surface area contributed by atoms with Crippen molar-refractivity contribution >= 4 is 22.7 Å². The van der Waals surface area contributed by atoms with E-state index in [1.807, 2.05) is 12.1 Å². The van der Waals surface area contributed by atoms with E-state index in [-0.39, 0.29) is 17.2 Å². The maximum absolute atomic E-state index is 14.2. The average Bonchev–Trinajstić information content (AvgIpc) is 3.36. The maximum atomic E-state index is 14.2. The molecule has 10 heteroatoms. The number of alkyl halides is 3. The second-order valence-electron chi connectivity index (χ2n) is 7.49. The molecule has 2 aromatic carbocycles. The number of benzene rings is 2. The standard InChI is InChI=1S/C24H17F3N6O/c25-24(26,27)21(16-5-2-1-3-6-16)33-20(34)12-7-17-15-28-23(31-22(17)33)30-18-8-10-19(11-9-18)32-14-4-13-29-32/h1-15,21H,(H,28,30,31). The Morgan fingerprint density at radius 1 is 0.912 bits per heavy atom. The molecule has 1 unspecified atom stereocenters. The van der Waals surface area contributed by atoms with Crippen LogP contribution in [-0.2, 0) is 0 Å². The molecule has 0 spiro atoms. The molecular formula is C24H17F3N6O. The highest BCUT2D eigenvalue weighted by Crippen LogP contribution is 2.36. The molecule has 3 heterocycles. The van der Waals surface area contributed by atoms with Crippen molar-refractivity contribution in [2.75, 3.05) is 5.32 Å². The smallest absolute Gasteiger partial charge is 0.324 e. The predicted molar refractivity (Wildman–Crippen MR) is 121 cm³/mol. The van der Waals surface area contributed by atoms with Gasteiger partial charge in [-0.3, -0.25) is 9.36 Å². The van der Waals surface area contributed by atoms with E-state index in [0.717, 1.165) is 11.8 Å². The fourth-order valence-corrected chi connectivity index (χ4v) is 3.72. The number of nitrogens with one attached hydrogen (secondary N) is 1. The van der Waals surface area contributed by atoms with E-state index >= 15 is 0 Å². The molecule has 0 bridgehead atoms. The predicted octanol–water partition coefficient (Wildman–Crippen LogP) is 4.87. The van der Waals surface area contributed by atoms with Crippen LogP contribution < -0.4 is 10.9 Å². The van der Waals surface area contributed by atoms with Crippen molar-refractivity contribution in [1.29, 1.82) is 0 Å². The van der Waals surface area contributed by atoms with Gasteiger partial charge in [-0.25, -0.2) is 9.67 Å². The lowest BCUT2D eigenvalue weighted by Crippen LogP contribution is -2.35. The van der Waals surface area contributed by atoms with Crippen molar-refractivity contribution in [3.63, 3.8) is 0 Å². The van der Waals surface area contributed by atoms with Gasteiger partial charge in [0.15, 0.2) is 6.04 Å². The monoisotopic (exact) mass is 462 g/mol. The SMILES string of the molecule is O=c1ccc2cnc(Nc3ccc(-n4cccn4)cc3)nc2n1C(c1ccccc1)C(F)(F)F. The lowest BCUT2D eigenvalue weighted by atomic mass is 10.1. The Morgan fingerprint density at radius 3 is 2.35 bits per heavy atom. The van der Waals surface area contributed by atoms with E-state index in [1.54, 1.807) is 41.3 Å². The number of halogens is 3. The first kappa shape index (κ1) is 21.4. The summed E-state index contributed by atoms with van der Waals surface area (Å²) in [5.41, 5.74) is 0.457. The third-order valence-corrected chi connectivity index (χ3v) is 5.24. The number of hydrogen-bond donors (Lipinski definition) is 1. The van der Waals surface area contributed by atoms with Gasteiger partial charge in [0.2, 0.25) is 5.95 Å². The van der Waals surface area contributed by atoms with Gasteiger partial charge >= 0.3 is 6.18 Å². The third kappa shape index (κ3) is 4.13. The first-order valence-corrected chi connectivity index (χ1v) is 10.3. The molecule has 0 aliphatic rings. The van der Waals surface area contributed by atoms with Crippen LogP contribution in [0, 0.1) is 0 Å². The van der Waals surface area contributed by atoms with Gasteiger partial charge in [-0.15, -0.1) is 0 Å². The number of nitrogens with zero attached hydrogens (tertiary/aromatic N) is 5. The Kier molecular flexibility index (Phi) is 5.33. The van der Waals surface area contributed by atoms with E-state index in [4.69, 9.17) is 0 Å². The van der Waals surface area contributed by atoms with Crippen molar-refractivity contribution in [1.82, 2.24) is 24.3 Å². The maximum Gasteiger partial charge on any atom is 0.413 e. The molecule has 34 heavy (non-hydrogen) atoms. The van der Waals surface area contributed by atoms with Crippen molar-refractivity contribution in [2.45, 2.75) is 12.2 Å². The van der Waals surface area contributed by atoms with E-state index in [1.165, 1.54) is 36.5 Å². The van der Waals surface area contributed by atoms with E-state index < -0.39 is 17.8 Å². The molecule has 0 fully saturated rings. The highest BCUT2D eigenvalue weighted by molar-refractivity contribution is 5.76. The summed E-state index contributed by atoms with van der Waals surface area (Å²) in [6.07, 6.45) is 0.133. The topological polar surface area (TPSA) is 77.6 Å². The van der Waals surface area contributed by atoms with Crippen LogP contribution in [0.1, 0.15) is 11.6 Å². The summed E-state index contributed by atoms with van der Waals surface area (Å²) in [6.45, 7) is 0. The molecule has 1 atom stereocenters. The first-order valence-electron chi connectivity index (χ1n) is 10.3. The molecular weight excluding hydrogens is 445 g/mol. The fraction of sp³-hybridized carbons (Fsp3) is 0.0833. The number of hydrogen-bond acceptors (Lipinski definition) is 5. The molecule has 1 N–H and O–H groups in total. The first-order chi connectivity index (χ1) is 16.4. The quantitative estimate of drug-likeness (QED) is 0.403. The zero-order chi connectivity index (χ0) is 23.7. The highest BCUT2D eigenvalue weighted by Gasteiger charge is 2.43. The summed E-state index contributed by atoms with van der Waals surface area (Å²) in [4.78, 5) is 21.2. The third-order valence-electron chi connectivity index (χ3n) is 5.24. The molecule has 170 valence electrons. The van der Waals surface area contributed by atoms with Crippen molar-refractivity contribution in [3.8, 4) is 5.69 Å². The fourth-order valence-electron chi connectivity index (χ4n) is 3.72. The molecule has 0 aliphatic carbocycles. The number of anilines is 2. The minimum Gasteiger partial charge on any atom is -0.324 e. The van der Waals surface area contributed by atoms with Crippen LogP contribution in [0.15, 0.2) is 96.2 Å². The van der Waals surface area contributed by atoms with Gasteiger partial charge in [0.05, 0.1) is 5.69 Å². The van der Waals surface area contributed by atoms with Gasteiger partial charge < -0.3 is 5.32 Å². The second kappa shape index (κ2) is 8.47. The molecule has 0 amide bonds. The molecule has 5 aromatic rings. The molecule has 7 nitrogen and oxygen atoms in total. The average molecular weight is 462 g/mol. The van der Waals surface area contributed by atoms with E-state index in [2.05, 4.69) is 20.4 Å². The Hall–Kier alpha value is -4.47. The highest BCUT2D eigenvalue weighted by atomic mass is 19.4. The van der Waals surface area contributed by atoms with Gasteiger partial charge in [0.1, 0.15) is 5.65 Å². The number of pyridine rings is 1. The zero-order valence-electron chi connectivity index (χ0n) is 17.5. The van der Waals surface area contributed by atoms with Gasteiger partial charge in [0, 0.05) is 35.7 Å². The van der Waals surface area contributed by atoms with Gasteiger partial charge in [0.25, 0.3) is 5.56 Å². The van der Waals surface area contributed by atoms with Crippen LogP contribution in [0.3, 0.4) is 0 Å². The van der Waals surface area contributed by atoms with Gasteiger partial charge in [-0.1, -0.05) is 30.3 Å². The van der Waals surface area contributed by atoms with Crippen LogP contribution in [0.4, 0.5) is 24.8 Å². The zero-order valence-corrected chi connectivity index (χ0v) is 17.5. The van der Waals surface area contributed by atoms with Crippen molar-refractivity contribution in [2.24, 2.45) is 0 Å². The minimum absolute atomic E-state index is 0.0627. The van der Waals surface area contributed by atoms with Gasteiger partial charge in [-0.2, -0.15) is 23.3 Å². The molecule has 5 rings (SSSR count). The second-order valence-corrected chi connectivity index (χ2v) is 7.49. The van der Waals surface area contributed by atoms with Crippen LogP contribution >= 0.6 is 0 Å². The Morgan fingerprint density at radius 2 is 1.68 bits per heavy atom. The molecule has 0 radical (unpaired) electrons. The number of fused-ring (bicyclic) bond motifs is 1. The summed E-state index contributed by atoms with van der Waals surface area (Å²) < 4.78 is 44.9. The van der Waals surface area contributed by atoms with E-state index in [0.29, 0.717) is 15.6 Å². The Balaban J connectivity index is 1.56. The lowest BCUT2D eigenvalue weighted by Gasteiger charge is -2.24.